The first-order valence-corrected chi connectivity index (χ1v) is 4.78. The monoisotopic (exact) mass is 216 g/mol. The Morgan fingerprint density at radius 2 is 2.06 bits per heavy atom. The van der Waals surface area contributed by atoms with Crippen molar-refractivity contribution in [3.63, 3.8) is 0 Å². The van der Waals surface area contributed by atoms with Crippen LogP contribution < -0.4 is 15.0 Å². The van der Waals surface area contributed by atoms with Gasteiger partial charge >= 0.3 is 0 Å². The zero-order valence-electron chi connectivity index (χ0n) is 8.27. The molecule has 5 nitrogen and oxygen atoms in total. The second-order valence-electron chi connectivity index (χ2n) is 3.36. The maximum atomic E-state index is 11.1. The fraction of sp³-hybridized carbons (Fsp3) is 0.0909. The Morgan fingerprint density at radius 3 is 2.94 bits per heavy atom. The molecule has 2 aromatic rings. The maximum absolute atomic E-state index is 11.1. The summed E-state index contributed by atoms with van der Waals surface area (Å²) in [4.78, 5) is 17.7. The first-order chi connectivity index (χ1) is 7.83. The molecule has 1 aliphatic heterocycles. The van der Waals surface area contributed by atoms with E-state index in [2.05, 4.69) is 9.97 Å². The van der Waals surface area contributed by atoms with Gasteiger partial charge in [-0.2, -0.15) is 0 Å². The van der Waals surface area contributed by atoms with Crippen LogP contribution in [0.5, 0.6) is 11.5 Å². The summed E-state index contributed by atoms with van der Waals surface area (Å²) in [6, 6.07) is 6.90. The molecule has 5 heteroatoms. The molecule has 16 heavy (non-hydrogen) atoms. The lowest BCUT2D eigenvalue weighted by molar-refractivity contribution is 0.174. The number of ether oxygens (including phenoxy) is 2. The Hall–Kier alpha value is -2.30. The summed E-state index contributed by atoms with van der Waals surface area (Å²) in [5, 5.41) is 0. The van der Waals surface area contributed by atoms with Gasteiger partial charge in [-0.1, -0.05) is 0 Å². The van der Waals surface area contributed by atoms with Crippen LogP contribution in [-0.2, 0) is 0 Å². The quantitative estimate of drug-likeness (QED) is 0.777. The van der Waals surface area contributed by atoms with Crippen molar-refractivity contribution < 1.29 is 9.47 Å². The molecule has 0 atom stereocenters. The fourth-order valence-corrected chi connectivity index (χ4v) is 1.58. The van der Waals surface area contributed by atoms with E-state index in [4.69, 9.17) is 9.47 Å². The van der Waals surface area contributed by atoms with Gasteiger partial charge in [0.1, 0.15) is 0 Å². The highest BCUT2D eigenvalue weighted by Crippen LogP contribution is 2.34. The lowest BCUT2D eigenvalue weighted by Gasteiger charge is -2.01. The van der Waals surface area contributed by atoms with Gasteiger partial charge in [0, 0.05) is 11.6 Å². The Morgan fingerprint density at radius 1 is 1.19 bits per heavy atom. The van der Waals surface area contributed by atoms with E-state index in [1.165, 1.54) is 12.4 Å². The molecule has 0 radical (unpaired) electrons. The molecular formula is C11H8N2O3. The summed E-state index contributed by atoms with van der Waals surface area (Å²) in [6.07, 6.45) is 1.38. The van der Waals surface area contributed by atoms with E-state index in [0.29, 0.717) is 17.2 Å². The number of benzene rings is 1. The molecule has 1 aromatic carbocycles. The molecule has 0 bridgehead atoms. The van der Waals surface area contributed by atoms with Crippen molar-refractivity contribution in [2.75, 3.05) is 6.79 Å². The molecule has 0 spiro atoms. The number of hydrogen-bond acceptors (Lipinski definition) is 4. The molecule has 0 saturated heterocycles. The Kier molecular flexibility index (Phi) is 1.89. The van der Waals surface area contributed by atoms with Gasteiger partial charge in [0.05, 0.1) is 12.0 Å². The topological polar surface area (TPSA) is 64.2 Å². The highest BCUT2D eigenvalue weighted by Gasteiger charge is 2.14. The minimum Gasteiger partial charge on any atom is -0.454 e. The van der Waals surface area contributed by atoms with Crippen molar-refractivity contribution in [3.8, 4) is 22.8 Å². The van der Waals surface area contributed by atoms with Crippen LogP contribution >= 0.6 is 0 Å². The molecule has 0 unspecified atom stereocenters. The molecule has 2 heterocycles. The first kappa shape index (κ1) is 8.96. The second kappa shape index (κ2) is 3.37. The van der Waals surface area contributed by atoms with Crippen LogP contribution in [0.4, 0.5) is 0 Å². The minimum atomic E-state index is -0.178. The Bertz CT molecular complexity index is 592. The van der Waals surface area contributed by atoms with Crippen LogP contribution in [0.1, 0.15) is 0 Å². The standard InChI is InChI=1S/C11H8N2O3/c14-11-4-8(12-5-13-11)7-1-2-9-10(3-7)16-6-15-9/h1-5H,6H2,(H,12,13,14). The van der Waals surface area contributed by atoms with Crippen molar-refractivity contribution in [3.05, 3.63) is 40.9 Å². The SMILES string of the molecule is O=c1cc(-c2ccc3c(c2)OCO3)nc[nH]1. The van der Waals surface area contributed by atoms with Crippen LogP contribution in [0.15, 0.2) is 35.4 Å². The number of aromatic amines is 1. The summed E-state index contributed by atoms with van der Waals surface area (Å²) < 4.78 is 10.5. The minimum absolute atomic E-state index is 0.178. The van der Waals surface area contributed by atoms with E-state index in [0.717, 1.165) is 5.56 Å². The van der Waals surface area contributed by atoms with E-state index >= 15 is 0 Å². The fourth-order valence-electron chi connectivity index (χ4n) is 1.58. The normalized spacial score (nSPS) is 12.8. The number of hydrogen-bond donors (Lipinski definition) is 1. The van der Waals surface area contributed by atoms with E-state index in [-0.39, 0.29) is 12.4 Å². The van der Waals surface area contributed by atoms with Crippen molar-refractivity contribution in [1.29, 1.82) is 0 Å². The third kappa shape index (κ3) is 1.42. The van der Waals surface area contributed by atoms with E-state index in [9.17, 15) is 4.79 Å². The molecular weight excluding hydrogens is 208 g/mol. The number of aromatic nitrogens is 2. The first-order valence-electron chi connectivity index (χ1n) is 4.78. The van der Waals surface area contributed by atoms with Gasteiger partial charge in [0.15, 0.2) is 11.5 Å². The number of rotatable bonds is 1. The van der Waals surface area contributed by atoms with Crippen LogP contribution in [0.3, 0.4) is 0 Å². The van der Waals surface area contributed by atoms with Gasteiger partial charge < -0.3 is 14.5 Å². The lowest BCUT2D eigenvalue weighted by Crippen LogP contribution is -2.04. The summed E-state index contributed by atoms with van der Waals surface area (Å²) in [5.74, 6) is 1.40. The van der Waals surface area contributed by atoms with Crippen LogP contribution in [-0.4, -0.2) is 16.8 Å². The number of fused-ring (bicyclic) bond motifs is 1. The third-order valence-corrected chi connectivity index (χ3v) is 2.35. The number of H-pyrrole nitrogens is 1. The smallest absolute Gasteiger partial charge is 0.251 e. The van der Waals surface area contributed by atoms with E-state index in [1.807, 2.05) is 12.1 Å². The average molecular weight is 216 g/mol. The van der Waals surface area contributed by atoms with Crippen molar-refractivity contribution in [2.45, 2.75) is 0 Å². The van der Waals surface area contributed by atoms with E-state index in [1.54, 1.807) is 6.07 Å². The van der Waals surface area contributed by atoms with Crippen LogP contribution in [0.25, 0.3) is 11.3 Å². The van der Waals surface area contributed by atoms with Gasteiger partial charge in [-0.15, -0.1) is 0 Å². The molecule has 0 aliphatic carbocycles. The lowest BCUT2D eigenvalue weighted by atomic mass is 10.1. The molecule has 1 aromatic heterocycles. The summed E-state index contributed by atoms with van der Waals surface area (Å²) >= 11 is 0. The second-order valence-corrected chi connectivity index (χ2v) is 3.36. The third-order valence-electron chi connectivity index (χ3n) is 2.35. The van der Waals surface area contributed by atoms with Crippen molar-refractivity contribution in [2.24, 2.45) is 0 Å². The van der Waals surface area contributed by atoms with Gasteiger partial charge in [-0.3, -0.25) is 4.79 Å². The van der Waals surface area contributed by atoms with Crippen molar-refractivity contribution >= 4 is 0 Å². The molecule has 1 aliphatic rings. The number of nitrogens with zero attached hydrogens (tertiary/aromatic N) is 1. The molecule has 0 amide bonds. The van der Waals surface area contributed by atoms with E-state index < -0.39 is 0 Å². The number of nitrogens with one attached hydrogen (secondary N) is 1. The maximum Gasteiger partial charge on any atom is 0.251 e. The summed E-state index contributed by atoms with van der Waals surface area (Å²) in [5.41, 5.74) is 1.26. The van der Waals surface area contributed by atoms with Crippen LogP contribution in [0.2, 0.25) is 0 Å². The molecule has 3 rings (SSSR count). The van der Waals surface area contributed by atoms with Gasteiger partial charge in [-0.25, -0.2) is 4.98 Å². The van der Waals surface area contributed by atoms with Gasteiger partial charge in [0.25, 0.3) is 5.56 Å². The van der Waals surface area contributed by atoms with Crippen molar-refractivity contribution in [1.82, 2.24) is 9.97 Å². The molecule has 0 saturated carbocycles. The van der Waals surface area contributed by atoms with Gasteiger partial charge in [0.2, 0.25) is 6.79 Å². The molecule has 80 valence electrons. The summed E-state index contributed by atoms with van der Waals surface area (Å²) in [7, 11) is 0. The van der Waals surface area contributed by atoms with Gasteiger partial charge in [-0.05, 0) is 18.2 Å². The Balaban J connectivity index is 2.10. The highest BCUT2D eigenvalue weighted by atomic mass is 16.7. The average Bonchev–Trinajstić information content (AvgIpc) is 2.75. The Labute approximate surface area is 90.7 Å². The predicted molar refractivity (Wildman–Crippen MR) is 56.4 cm³/mol. The zero-order valence-corrected chi connectivity index (χ0v) is 8.27. The van der Waals surface area contributed by atoms with Crippen LogP contribution in [0, 0.1) is 0 Å². The summed E-state index contributed by atoms with van der Waals surface area (Å²) in [6.45, 7) is 0.238. The predicted octanol–water partition coefficient (Wildman–Crippen LogP) is 1.17. The molecule has 0 fully saturated rings. The molecule has 1 N–H and O–H groups in total. The zero-order chi connectivity index (χ0) is 11.0. The largest absolute Gasteiger partial charge is 0.454 e. The highest BCUT2D eigenvalue weighted by molar-refractivity contribution is 5.63.